The predicted molar refractivity (Wildman–Crippen MR) is 117 cm³/mol. The van der Waals surface area contributed by atoms with Gasteiger partial charge >= 0.3 is 6.61 Å². The zero-order valence-electron chi connectivity index (χ0n) is 17.0. The number of fused-ring (bicyclic) bond motifs is 1. The molecule has 2 heterocycles. The molecule has 0 aliphatic carbocycles. The Kier molecular flexibility index (Phi) is 6.50. The highest BCUT2D eigenvalue weighted by molar-refractivity contribution is 6.24. The second-order valence-corrected chi connectivity index (χ2v) is 6.92. The minimum atomic E-state index is -2.88. The summed E-state index contributed by atoms with van der Waals surface area (Å²) >= 11 is 0. The minimum absolute atomic E-state index is 0.0587. The van der Waals surface area contributed by atoms with Crippen molar-refractivity contribution < 1.29 is 18.3 Å². The van der Waals surface area contributed by atoms with Gasteiger partial charge in [-0.05, 0) is 41.5 Å². The van der Waals surface area contributed by atoms with Gasteiger partial charge < -0.3 is 10.1 Å². The highest BCUT2D eigenvalue weighted by Crippen LogP contribution is 2.21. The van der Waals surface area contributed by atoms with Gasteiger partial charge in [0.1, 0.15) is 11.6 Å². The van der Waals surface area contributed by atoms with E-state index >= 15 is 0 Å². The lowest BCUT2D eigenvalue weighted by Gasteiger charge is -2.10. The van der Waals surface area contributed by atoms with Gasteiger partial charge in [-0.25, -0.2) is 0 Å². The van der Waals surface area contributed by atoms with Crippen LogP contribution in [0.25, 0.3) is 17.3 Å². The van der Waals surface area contributed by atoms with Crippen molar-refractivity contribution in [3.05, 3.63) is 95.9 Å². The highest BCUT2D eigenvalue weighted by atomic mass is 19.3. The summed E-state index contributed by atoms with van der Waals surface area (Å²) in [7, 11) is 0. The molecule has 0 saturated heterocycles. The average Bonchev–Trinajstić information content (AvgIpc) is 3.22. The lowest BCUT2D eigenvalue weighted by atomic mass is 10.0. The Bertz CT molecular complexity index is 1220. The lowest BCUT2D eigenvalue weighted by molar-refractivity contribution is -0.115. The van der Waals surface area contributed by atoms with Gasteiger partial charge in [0, 0.05) is 24.7 Å². The van der Waals surface area contributed by atoms with Gasteiger partial charge in [0.2, 0.25) is 0 Å². The van der Waals surface area contributed by atoms with Gasteiger partial charge in [-0.2, -0.15) is 8.78 Å². The smallest absolute Gasteiger partial charge is 0.387 e. The Labute approximate surface area is 183 Å². The van der Waals surface area contributed by atoms with E-state index in [1.807, 2.05) is 59.1 Å². The molecule has 32 heavy (non-hydrogen) atoms. The van der Waals surface area contributed by atoms with Crippen molar-refractivity contribution in [3.63, 3.8) is 0 Å². The van der Waals surface area contributed by atoms with Gasteiger partial charge in [-0.1, -0.05) is 48.5 Å². The first-order valence-corrected chi connectivity index (χ1v) is 9.99. The Morgan fingerprint density at radius 3 is 2.50 bits per heavy atom. The number of halogens is 2. The van der Waals surface area contributed by atoms with Crippen LogP contribution < -0.4 is 10.1 Å². The van der Waals surface area contributed by atoms with Crippen molar-refractivity contribution in [1.29, 1.82) is 0 Å². The molecular weight excluding hydrogens is 414 g/mol. The second-order valence-electron chi connectivity index (χ2n) is 6.92. The van der Waals surface area contributed by atoms with Crippen LogP contribution in [0.3, 0.4) is 0 Å². The molecule has 0 saturated carbocycles. The summed E-state index contributed by atoms with van der Waals surface area (Å²) in [5.41, 5.74) is 2.63. The molecule has 0 spiro atoms. The number of hydrogen-bond donors (Lipinski definition) is 1. The molecule has 0 unspecified atom stereocenters. The number of alkyl halides is 2. The Morgan fingerprint density at radius 1 is 1.00 bits per heavy atom. The van der Waals surface area contributed by atoms with Crippen molar-refractivity contribution in [1.82, 2.24) is 19.9 Å². The average molecular weight is 434 g/mol. The van der Waals surface area contributed by atoms with Crippen molar-refractivity contribution in [2.75, 3.05) is 6.54 Å². The molecule has 2 aromatic carbocycles. The van der Waals surface area contributed by atoms with Crippen LogP contribution in [-0.4, -0.2) is 33.7 Å². The number of benzene rings is 2. The monoisotopic (exact) mass is 434 g/mol. The maximum Gasteiger partial charge on any atom is 0.387 e. The molecule has 0 aliphatic rings. The van der Waals surface area contributed by atoms with Crippen molar-refractivity contribution in [2.45, 2.75) is 13.0 Å². The SMILES string of the molecule is O=C(NCCc1nnc2ccccn12)/C(=C/c1ccc(OC(F)F)cc1)c1ccccc1. The number of pyridine rings is 1. The van der Waals surface area contributed by atoms with Gasteiger partial charge in [-0.3, -0.25) is 9.20 Å². The highest BCUT2D eigenvalue weighted by Gasteiger charge is 2.13. The molecule has 0 radical (unpaired) electrons. The molecule has 1 amide bonds. The molecule has 4 rings (SSSR count). The number of ether oxygens (including phenoxy) is 1. The molecule has 6 nitrogen and oxygen atoms in total. The fourth-order valence-corrected chi connectivity index (χ4v) is 3.25. The summed E-state index contributed by atoms with van der Waals surface area (Å²) in [6, 6.07) is 21.0. The summed E-state index contributed by atoms with van der Waals surface area (Å²) in [4.78, 5) is 13.0. The van der Waals surface area contributed by atoms with Crippen molar-refractivity contribution in [3.8, 4) is 5.75 Å². The maximum absolute atomic E-state index is 13.0. The molecule has 4 aromatic rings. The van der Waals surface area contributed by atoms with E-state index in [-0.39, 0.29) is 11.7 Å². The number of carbonyl (C=O) groups excluding carboxylic acids is 1. The number of nitrogens with zero attached hydrogens (tertiary/aromatic N) is 3. The van der Waals surface area contributed by atoms with Crippen LogP contribution in [0.1, 0.15) is 17.0 Å². The number of rotatable bonds is 8. The van der Waals surface area contributed by atoms with Crippen LogP contribution in [0.4, 0.5) is 8.78 Å². The molecule has 1 N–H and O–H groups in total. The standard InChI is InChI=1S/C24H20F2N4O2/c25-24(26)32-19-11-9-17(10-12-19)16-20(18-6-2-1-3-7-18)23(31)27-14-13-22-29-28-21-8-4-5-15-30(21)22/h1-12,15-16,24H,13-14H2,(H,27,31)/b20-16+. The number of aromatic nitrogens is 3. The largest absolute Gasteiger partial charge is 0.435 e. The van der Waals surface area contributed by atoms with Gasteiger partial charge in [0.15, 0.2) is 5.65 Å². The molecule has 162 valence electrons. The topological polar surface area (TPSA) is 68.5 Å². The van der Waals surface area contributed by atoms with Gasteiger partial charge in [0.25, 0.3) is 5.91 Å². The Morgan fingerprint density at radius 2 is 1.75 bits per heavy atom. The Balaban J connectivity index is 1.50. The first kappa shape index (κ1) is 21.2. The Hall–Kier alpha value is -4.07. The molecule has 0 aliphatic heterocycles. The quantitative estimate of drug-likeness (QED) is 0.333. The summed E-state index contributed by atoms with van der Waals surface area (Å²) in [5, 5.41) is 11.2. The van der Waals surface area contributed by atoms with Gasteiger partial charge in [0.05, 0.1) is 0 Å². The van der Waals surface area contributed by atoms with E-state index in [9.17, 15) is 13.6 Å². The predicted octanol–water partition coefficient (Wildman–Crippen LogP) is 4.23. The van der Waals surface area contributed by atoms with Crippen molar-refractivity contribution in [2.24, 2.45) is 0 Å². The molecule has 8 heteroatoms. The first-order valence-electron chi connectivity index (χ1n) is 9.99. The third-order valence-electron chi connectivity index (χ3n) is 4.76. The summed E-state index contributed by atoms with van der Waals surface area (Å²) in [6.45, 7) is -2.51. The lowest BCUT2D eigenvalue weighted by Crippen LogP contribution is -2.27. The van der Waals surface area contributed by atoms with Crippen LogP contribution in [0, 0.1) is 0 Å². The number of hydrogen-bond acceptors (Lipinski definition) is 4. The van der Waals surface area contributed by atoms with Crippen LogP contribution in [0.5, 0.6) is 5.75 Å². The van der Waals surface area contributed by atoms with Crippen LogP contribution in [0.2, 0.25) is 0 Å². The second kappa shape index (κ2) is 9.82. The van der Waals surface area contributed by atoms with Crippen LogP contribution in [-0.2, 0) is 11.2 Å². The van der Waals surface area contributed by atoms with E-state index in [4.69, 9.17) is 0 Å². The van der Waals surface area contributed by atoms with E-state index < -0.39 is 6.61 Å². The molecule has 2 aromatic heterocycles. The third kappa shape index (κ3) is 5.15. The van der Waals surface area contributed by atoms with Crippen molar-refractivity contribution >= 4 is 23.2 Å². The maximum atomic E-state index is 13.0. The minimum Gasteiger partial charge on any atom is -0.435 e. The fourth-order valence-electron chi connectivity index (χ4n) is 3.25. The molecular formula is C24H20F2N4O2. The number of nitrogens with one attached hydrogen (secondary N) is 1. The van der Waals surface area contributed by atoms with Gasteiger partial charge in [-0.15, -0.1) is 10.2 Å². The number of carbonyl (C=O) groups is 1. The number of amides is 1. The van der Waals surface area contributed by atoms with Crippen LogP contribution in [0.15, 0.2) is 79.0 Å². The zero-order valence-corrected chi connectivity index (χ0v) is 17.0. The fraction of sp³-hybridized carbons (Fsp3) is 0.125. The first-order chi connectivity index (χ1) is 15.6. The van der Waals surface area contributed by atoms with Crippen LogP contribution >= 0.6 is 0 Å². The summed E-state index contributed by atoms with van der Waals surface area (Å²) in [5.74, 6) is 0.557. The zero-order chi connectivity index (χ0) is 22.3. The molecule has 0 bridgehead atoms. The normalized spacial score (nSPS) is 11.7. The third-order valence-corrected chi connectivity index (χ3v) is 4.76. The summed E-state index contributed by atoms with van der Waals surface area (Å²) in [6.07, 6.45) is 4.10. The van der Waals surface area contributed by atoms with E-state index in [1.54, 1.807) is 18.2 Å². The van der Waals surface area contributed by atoms with E-state index in [1.165, 1.54) is 12.1 Å². The van der Waals surface area contributed by atoms with E-state index in [0.29, 0.717) is 24.1 Å². The van der Waals surface area contributed by atoms with E-state index in [0.717, 1.165) is 17.0 Å². The molecule has 0 fully saturated rings. The molecule has 0 atom stereocenters. The summed E-state index contributed by atoms with van der Waals surface area (Å²) < 4.78 is 31.0. The van der Waals surface area contributed by atoms with E-state index in [2.05, 4.69) is 20.3 Å².